The second-order valence-corrected chi connectivity index (χ2v) is 6.83. The first kappa shape index (κ1) is 15.5. The molecule has 0 fully saturated rings. The fourth-order valence-corrected chi connectivity index (χ4v) is 2.99. The van der Waals surface area contributed by atoms with Crippen molar-refractivity contribution in [3.05, 3.63) is 46.2 Å². The number of aromatic nitrogens is 2. The van der Waals surface area contributed by atoms with Crippen molar-refractivity contribution in [3.63, 3.8) is 0 Å². The number of nitrogens with one attached hydrogen (secondary N) is 1. The average Bonchev–Trinajstić information content (AvgIpc) is 2.40. The molecule has 0 radical (unpaired) electrons. The summed E-state index contributed by atoms with van der Waals surface area (Å²) in [5, 5.41) is 4.19. The normalized spacial score (nSPS) is 11.1. The van der Waals surface area contributed by atoms with Crippen molar-refractivity contribution < 1.29 is 0 Å². The molecule has 106 valence electrons. The zero-order valence-corrected chi connectivity index (χ0v) is 14.3. The van der Waals surface area contributed by atoms with E-state index in [1.807, 2.05) is 19.3 Å². The van der Waals surface area contributed by atoms with Crippen LogP contribution in [0.3, 0.4) is 0 Å². The van der Waals surface area contributed by atoms with E-state index in [1.54, 1.807) is 11.8 Å². The van der Waals surface area contributed by atoms with E-state index in [-0.39, 0.29) is 0 Å². The second-order valence-electron chi connectivity index (χ2n) is 4.93. The lowest BCUT2D eigenvalue weighted by Gasteiger charge is -2.10. The summed E-state index contributed by atoms with van der Waals surface area (Å²) in [6.45, 7) is 7.14. The van der Waals surface area contributed by atoms with Crippen LogP contribution in [-0.2, 0) is 6.54 Å². The average molecular weight is 352 g/mol. The number of hydrogen-bond acceptors (Lipinski definition) is 4. The summed E-state index contributed by atoms with van der Waals surface area (Å²) in [5.41, 5.74) is 2.33. The van der Waals surface area contributed by atoms with E-state index in [9.17, 15) is 0 Å². The molecule has 0 saturated heterocycles. The van der Waals surface area contributed by atoms with Crippen LogP contribution in [-0.4, -0.2) is 16.0 Å². The highest BCUT2D eigenvalue weighted by molar-refractivity contribution is 9.10. The quantitative estimate of drug-likeness (QED) is 0.819. The van der Waals surface area contributed by atoms with Crippen LogP contribution in [0.15, 0.2) is 45.1 Å². The van der Waals surface area contributed by atoms with Crippen molar-refractivity contribution in [2.75, 3.05) is 0 Å². The Hall–Kier alpha value is -0.910. The van der Waals surface area contributed by atoms with E-state index in [1.165, 1.54) is 5.56 Å². The molecule has 0 amide bonds. The fraction of sp³-hybridized carbons (Fsp3) is 0.333. The minimum absolute atomic E-state index is 0.483. The highest BCUT2D eigenvalue weighted by Gasteiger charge is 2.05. The molecule has 0 saturated carbocycles. The molecule has 1 aromatic heterocycles. The number of nitrogens with zero attached hydrogens (tertiary/aromatic N) is 2. The fourth-order valence-electron chi connectivity index (χ4n) is 1.59. The van der Waals surface area contributed by atoms with Crippen molar-refractivity contribution in [2.45, 2.75) is 43.4 Å². The smallest absolute Gasteiger partial charge is 0.192 e. The van der Waals surface area contributed by atoms with E-state index < -0.39 is 0 Å². The van der Waals surface area contributed by atoms with Crippen LogP contribution < -0.4 is 5.32 Å². The standard InChI is InChI=1S/C15H18BrN3S/c1-10(2)17-9-12-4-5-13(6-14(12)16)20-15-18-7-11(3)8-19-15/h4-8,10,17H,9H2,1-3H3. The molecule has 0 bridgehead atoms. The molecule has 0 unspecified atom stereocenters. The zero-order valence-electron chi connectivity index (χ0n) is 11.9. The van der Waals surface area contributed by atoms with Crippen LogP contribution in [0.2, 0.25) is 0 Å². The van der Waals surface area contributed by atoms with Gasteiger partial charge in [-0.2, -0.15) is 0 Å². The Morgan fingerprint density at radius 1 is 1.25 bits per heavy atom. The Balaban J connectivity index is 2.06. The zero-order chi connectivity index (χ0) is 14.5. The van der Waals surface area contributed by atoms with Gasteiger partial charge in [-0.25, -0.2) is 9.97 Å². The molecule has 20 heavy (non-hydrogen) atoms. The summed E-state index contributed by atoms with van der Waals surface area (Å²) in [6, 6.07) is 6.84. The van der Waals surface area contributed by atoms with E-state index in [0.717, 1.165) is 26.6 Å². The molecule has 1 N–H and O–H groups in total. The number of benzene rings is 1. The maximum atomic E-state index is 4.31. The molecule has 3 nitrogen and oxygen atoms in total. The van der Waals surface area contributed by atoms with Gasteiger partial charge in [0.1, 0.15) is 0 Å². The van der Waals surface area contributed by atoms with Crippen molar-refractivity contribution in [1.82, 2.24) is 15.3 Å². The summed E-state index contributed by atoms with van der Waals surface area (Å²) in [6.07, 6.45) is 3.68. The van der Waals surface area contributed by atoms with Gasteiger partial charge in [0.05, 0.1) is 0 Å². The highest BCUT2D eigenvalue weighted by Crippen LogP contribution is 2.28. The van der Waals surface area contributed by atoms with Crippen molar-refractivity contribution in [3.8, 4) is 0 Å². The lowest BCUT2D eigenvalue weighted by atomic mass is 10.2. The minimum atomic E-state index is 0.483. The topological polar surface area (TPSA) is 37.8 Å². The summed E-state index contributed by atoms with van der Waals surface area (Å²) in [5.74, 6) is 0. The van der Waals surface area contributed by atoms with Gasteiger partial charge < -0.3 is 5.32 Å². The third-order valence-electron chi connectivity index (χ3n) is 2.69. The van der Waals surface area contributed by atoms with Crippen LogP contribution in [0.1, 0.15) is 25.0 Å². The van der Waals surface area contributed by atoms with Gasteiger partial charge in [-0.1, -0.05) is 35.8 Å². The molecule has 2 rings (SSSR count). The molecule has 0 aliphatic rings. The first-order valence-corrected chi connectivity index (χ1v) is 8.14. The van der Waals surface area contributed by atoms with Crippen molar-refractivity contribution >= 4 is 27.7 Å². The summed E-state index contributed by atoms with van der Waals surface area (Å²) in [4.78, 5) is 9.75. The molecule has 0 atom stereocenters. The van der Waals surface area contributed by atoms with Crippen LogP contribution in [0.25, 0.3) is 0 Å². The maximum Gasteiger partial charge on any atom is 0.192 e. The Labute approximate surface area is 132 Å². The van der Waals surface area contributed by atoms with E-state index in [4.69, 9.17) is 0 Å². The second kappa shape index (κ2) is 7.20. The molecule has 5 heteroatoms. The number of aryl methyl sites for hydroxylation is 1. The third-order valence-corrected chi connectivity index (χ3v) is 4.31. The van der Waals surface area contributed by atoms with Crippen molar-refractivity contribution in [2.24, 2.45) is 0 Å². The van der Waals surface area contributed by atoms with Crippen LogP contribution >= 0.6 is 27.7 Å². The van der Waals surface area contributed by atoms with Gasteiger partial charge >= 0.3 is 0 Å². The summed E-state index contributed by atoms with van der Waals surface area (Å²) in [7, 11) is 0. The molecule has 1 heterocycles. The molecular formula is C15H18BrN3S. The van der Waals surface area contributed by atoms with Crippen LogP contribution in [0.5, 0.6) is 0 Å². The monoisotopic (exact) mass is 351 g/mol. The molecule has 1 aromatic carbocycles. The first-order chi connectivity index (χ1) is 9.54. The Bertz CT molecular complexity index is 570. The number of halogens is 1. The first-order valence-electron chi connectivity index (χ1n) is 6.53. The Kier molecular flexibility index (Phi) is 5.57. The molecule has 2 aromatic rings. The Morgan fingerprint density at radius 3 is 2.55 bits per heavy atom. The van der Waals surface area contributed by atoms with Crippen LogP contribution in [0.4, 0.5) is 0 Å². The molecule has 0 aliphatic carbocycles. The minimum Gasteiger partial charge on any atom is -0.310 e. The SMILES string of the molecule is Cc1cnc(Sc2ccc(CNC(C)C)c(Br)c2)nc1. The van der Waals surface area contributed by atoms with Gasteiger partial charge in [-0.15, -0.1) is 0 Å². The van der Waals surface area contributed by atoms with Crippen molar-refractivity contribution in [1.29, 1.82) is 0 Å². The molecule has 0 spiro atoms. The third kappa shape index (κ3) is 4.58. The largest absolute Gasteiger partial charge is 0.310 e. The van der Waals surface area contributed by atoms with Gasteiger partial charge in [0.25, 0.3) is 0 Å². The lowest BCUT2D eigenvalue weighted by molar-refractivity contribution is 0.587. The molecular weight excluding hydrogens is 334 g/mol. The van der Waals surface area contributed by atoms with E-state index >= 15 is 0 Å². The predicted octanol–water partition coefficient (Wildman–Crippen LogP) is 4.20. The highest BCUT2D eigenvalue weighted by atomic mass is 79.9. The van der Waals surface area contributed by atoms with Gasteiger partial charge in [0.15, 0.2) is 5.16 Å². The van der Waals surface area contributed by atoms with E-state index in [0.29, 0.717) is 6.04 Å². The van der Waals surface area contributed by atoms with Crippen LogP contribution in [0, 0.1) is 6.92 Å². The maximum absolute atomic E-state index is 4.31. The van der Waals surface area contributed by atoms with Gasteiger partial charge in [0.2, 0.25) is 0 Å². The predicted molar refractivity (Wildman–Crippen MR) is 87.0 cm³/mol. The lowest BCUT2D eigenvalue weighted by Crippen LogP contribution is -2.21. The van der Waals surface area contributed by atoms with E-state index in [2.05, 4.69) is 63.3 Å². The Morgan fingerprint density at radius 2 is 1.95 bits per heavy atom. The van der Waals surface area contributed by atoms with Gasteiger partial charge in [-0.3, -0.25) is 0 Å². The van der Waals surface area contributed by atoms with Gasteiger partial charge in [-0.05, 0) is 41.9 Å². The summed E-state index contributed by atoms with van der Waals surface area (Å²) < 4.78 is 1.11. The number of hydrogen-bond donors (Lipinski definition) is 1. The molecule has 0 aliphatic heterocycles. The summed E-state index contributed by atoms with van der Waals surface area (Å²) >= 11 is 5.20. The number of rotatable bonds is 5. The van der Waals surface area contributed by atoms with Gasteiger partial charge in [0, 0.05) is 34.3 Å².